The van der Waals surface area contributed by atoms with E-state index in [-0.39, 0.29) is 18.4 Å². The lowest BCUT2D eigenvalue weighted by molar-refractivity contribution is -0.154. The Bertz CT molecular complexity index is 571. The van der Waals surface area contributed by atoms with Crippen molar-refractivity contribution in [1.82, 2.24) is 30.3 Å². The topological polar surface area (TPSA) is 124 Å². The van der Waals surface area contributed by atoms with Gasteiger partial charge < -0.3 is 4.90 Å². The van der Waals surface area contributed by atoms with Gasteiger partial charge >= 0.3 is 0 Å². The Morgan fingerprint density at radius 2 is 2.07 bits per heavy atom. The third-order valence-electron chi connectivity index (χ3n) is 3.98. The Kier molecular flexibility index (Phi) is 10.9. The van der Waals surface area contributed by atoms with Crippen molar-refractivity contribution in [3.63, 3.8) is 0 Å². The maximum atomic E-state index is 12.4. The number of rotatable bonds is 14. The summed E-state index contributed by atoms with van der Waals surface area (Å²) in [5.74, 6) is 0.0366. The van der Waals surface area contributed by atoms with Gasteiger partial charge in [-0.15, -0.1) is 0 Å². The quantitative estimate of drug-likeness (QED) is 0.188. The van der Waals surface area contributed by atoms with Gasteiger partial charge in [-0.05, 0) is 33.5 Å². The number of unbranched alkanes of at least 4 members (excludes halogenated alkanes) is 2. The monoisotopic (exact) mass is 381 g/mol. The van der Waals surface area contributed by atoms with Crippen molar-refractivity contribution in [2.24, 2.45) is 5.92 Å². The van der Waals surface area contributed by atoms with Crippen molar-refractivity contribution >= 4 is 18.3 Å². The molecule has 0 aliphatic carbocycles. The second kappa shape index (κ2) is 12.9. The molecule has 0 radical (unpaired) electrons. The highest BCUT2D eigenvalue weighted by atomic mass is 16.5. The van der Waals surface area contributed by atoms with Crippen LogP contribution in [-0.2, 0) is 16.0 Å². The molecule has 0 saturated heterocycles. The normalized spacial score (nSPS) is 11.9. The van der Waals surface area contributed by atoms with Crippen molar-refractivity contribution in [1.29, 1.82) is 0 Å². The second-order valence-electron chi connectivity index (χ2n) is 6.67. The summed E-state index contributed by atoms with van der Waals surface area (Å²) in [7, 11) is 4.01. The van der Waals surface area contributed by atoms with Crippen LogP contribution >= 0.6 is 0 Å². The van der Waals surface area contributed by atoms with Crippen molar-refractivity contribution in [3.05, 3.63) is 12.2 Å². The largest absolute Gasteiger partial charge is 0.309 e. The molecule has 0 spiro atoms. The molecule has 0 aliphatic heterocycles. The molecule has 27 heavy (non-hydrogen) atoms. The summed E-state index contributed by atoms with van der Waals surface area (Å²) in [5, 5.41) is 9.89. The van der Waals surface area contributed by atoms with Crippen LogP contribution in [0.25, 0.3) is 0 Å². The first-order chi connectivity index (χ1) is 13.0. The molecule has 10 nitrogen and oxygen atoms in total. The fourth-order valence-electron chi connectivity index (χ4n) is 2.50. The minimum Gasteiger partial charge on any atom is -0.309 e. The lowest BCUT2D eigenvalue weighted by Crippen LogP contribution is -2.40. The van der Waals surface area contributed by atoms with E-state index in [2.05, 4.69) is 37.6 Å². The molecular formula is C17H31N7O3. The van der Waals surface area contributed by atoms with Gasteiger partial charge in [0, 0.05) is 6.42 Å². The molecule has 0 aromatic carbocycles. The van der Waals surface area contributed by atoms with Gasteiger partial charge in [0.25, 0.3) is 0 Å². The van der Waals surface area contributed by atoms with Crippen LogP contribution in [0.5, 0.6) is 0 Å². The molecule has 1 aromatic rings. The van der Waals surface area contributed by atoms with Crippen LogP contribution in [0.2, 0.25) is 0 Å². The maximum Gasteiger partial charge on any atom is 0.245 e. The number of nitrogens with zero attached hydrogens (tertiary/aromatic N) is 5. The van der Waals surface area contributed by atoms with Crippen LogP contribution in [0, 0.1) is 5.92 Å². The highest BCUT2D eigenvalue weighted by molar-refractivity contribution is 5.80. The second-order valence-corrected chi connectivity index (χ2v) is 6.67. The Morgan fingerprint density at radius 1 is 1.30 bits per heavy atom. The molecule has 2 amide bonds. The van der Waals surface area contributed by atoms with E-state index in [0.29, 0.717) is 30.1 Å². The number of hydrazine groups is 1. The van der Waals surface area contributed by atoms with Crippen molar-refractivity contribution in [3.8, 4) is 0 Å². The number of anilines is 1. The first-order valence-corrected chi connectivity index (χ1v) is 9.25. The lowest BCUT2D eigenvalue weighted by Gasteiger charge is -2.19. The fraction of sp³-hybridized carbons (Fsp3) is 0.706. The van der Waals surface area contributed by atoms with E-state index in [1.165, 1.54) is 6.33 Å². The highest BCUT2D eigenvalue weighted by Crippen LogP contribution is 2.11. The van der Waals surface area contributed by atoms with Crippen molar-refractivity contribution in [2.75, 3.05) is 32.6 Å². The third kappa shape index (κ3) is 9.80. The summed E-state index contributed by atoms with van der Waals surface area (Å²) in [6.45, 7) is 2.93. The van der Waals surface area contributed by atoms with Gasteiger partial charge in [0.15, 0.2) is 0 Å². The number of hydrogen-bond donors (Lipinski definition) is 3. The number of carbonyl (C=O) groups is 2. The zero-order chi connectivity index (χ0) is 20.1. The molecule has 0 saturated carbocycles. The predicted molar refractivity (Wildman–Crippen MR) is 101 cm³/mol. The molecule has 1 aromatic heterocycles. The van der Waals surface area contributed by atoms with Crippen LogP contribution in [0.3, 0.4) is 0 Å². The zero-order valence-electron chi connectivity index (χ0n) is 16.4. The van der Waals surface area contributed by atoms with Crippen LogP contribution in [0.1, 0.15) is 44.9 Å². The molecule has 0 aliphatic rings. The minimum absolute atomic E-state index is 0.0618. The maximum absolute atomic E-state index is 12.4. The molecule has 1 rings (SSSR count). The summed E-state index contributed by atoms with van der Waals surface area (Å²) in [6, 6.07) is 0. The number of aryl methyl sites for hydroxylation is 1. The number of aromatic nitrogens is 3. The predicted octanol–water partition coefficient (Wildman–Crippen LogP) is 0.853. The van der Waals surface area contributed by atoms with Crippen LogP contribution in [-0.4, -0.2) is 69.6 Å². The van der Waals surface area contributed by atoms with E-state index >= 15 is 0 Å². The molecule has 0 unspecified atom stereocenters. The van der Waals surface area contributed by atoms with Crippen LogP contribution in [0.15, 0.2) is 6.33 Å². The van der Waals surface area contributed by atoms with Crippen molar-refractivity contribution < 1.29 is 14.8 Å². The van der Waals surface area contributed by atoms with Gasteiger partial charge in [-0.2, -0.15) is 9.97 Å². The van der Waals surface area contributed by atoms with Gasteiger partial charge in [-0.1, -0.05) is 26.2 Å². The van der Waals surface area contributed by atoms with Gasteiger partial charge in [0.2, 0.25) is 18.3 Å². The molecular weight excluding hydrogens is 350 g/mol. The van der Waals surface area contributed by atoms with E-state index in [4.69, 9.17) is 0 Å². The van der Waals surface area contributed by atoms with Crippen molar-refractivity contribution in [2.45, 2.75) is 45.4 Å². The first-order valence-electron chi connectivity index (χ1n) is 9.25. The summed E-state index contributed by atoms with van der Waals surface area (Å²) in [4.78, 5) is 37.5. The summed E-state index contributed by atoms with van der Waals surface area (Å²) < 4.78 is 0. The number of hydroxylamine groups is 2. The van der Waals surface area contributed by atoms with Gasteiger partial charge in [-0.25, -0.2) is 10.0 Å². The van der Waals surface area contributed by atoms with E-state index in [1.54, 1.807) is 0 Å². The van der Waals surface area contributed by atoms with E-state index < -0.39 is 5.92 Å². The number of amides is 2. The van der Waals surface area contributed by atoms with E-state index in [1.807, 2.05) is 14.1 Å². The van der Waals surface area contributed by atoms with Gasteiger partial charge in [0.1, 0.15) is 12.2 Å². The fourth-order valence-corrected chi connectivity index (χ4v) is 2.50. The lowest BCUT2D eigenvalue weighted by atomic mass is 10.0. The Balaban J connectivity index is 2.56. The van der Waals surface area contributed by atoms with Crippen LogP contribution in [0.4, 0.5) is 5.95 Å². The summed E-state index contributed by atoms with van der Waals surface area (Å²) >= 11 is 0. The number of nitrogens with one attached hydrogen (secondary N) is 2. The van der Waals surface area contributed by atoms with E-state index in [9.17, 15) is 14.8 Å². The standard InChI is InChI=1S/C17H31N7O3/c1-4-5-6-8-14(11-24(27)13-25)16(26)21-22-17-19-12-18-15(20-17)9-7-10-23(2)3/h12-14,27H,4-11H2,1-3H3,(H,21,26)(H,18,19,20,22)/t14-/m1/s1. The molecule has 0 fully saturated rings. The molecule has 3 N–H and O–H groups in total. The molecule has 152 valence electrons. The summed E-state index contributed by atoms with van der Waals surface area (Å²) in [5.41, 5.74) is 5.24. The zero-order valence-corrected chi connectivity index (χ0v) is 16.4. The first kappa shape index (κ1) is 22.7. The molecule has 0 bridgehead atoms. The Labute approximate surface area is 160 Å². The average molecular weight is 381 g/mol. The van der Waals surface area contributed by atoms with E-state index in [0.717, 1.165) is 32.2 Å². The highest BCUT2D eigenvalue weighted by Gasteiger charge is 2.20. The Hall–Kier alpha value is -2.33. The van der Waals surface area contributed by atoms with Gasteiger partial charge in [-0.3, -0.25) is 25.6 Å². The SMILES string of the molecule is CCCCC[C@H](CN(O)C=O)C(=O)NNc1ncnc(CCCN(C)C)n1. The summed E-state index contributed by atoms with van der Waals surface area (Å²) in [6.07, 6.45) is 6.72. The molecule has 1 heterocycles. The average Bonchev–Trinajstić information content (AvgIpc) is 2.65. The Morgan fingerprint density at radius 3 is 2.74 bits per heavy atom. The molecule has 1 atom stereocenters. The third-order valence-corrected chi connectivity index (χ3v) is 3.98. The van der Waals surface area contributed by atoms with Crippen LogP contribution < -0.4 is 10.9 Å². The van der Waals surface area contributed by atoms with Gasteiger partial charge in [0.05, 0.1) is 12.5 Å². The minimum atomic E-state index is -0.527. The molecule has 10 heteroatoms. The smallest absolute Gasteiger partial charge is 0.245 e. The number of hydrogen-bond acceptors (Lipinski definition) is 8. The number of carbonyl (C=O) groups excluding carboxylic acids is 2.